The fourth-order valence-electron chi connectivity index (χ4n) is 3.58. The molecule has 0 aromatic carbocycles. The third kappa shape index (κ3) is 3.97. The van der Waals surface area contributed by atoms with Crippen LogP contribution in [-0.2, 0) is 10.2 Å². The van der Waals surface area contributed by atoms with E-state index in [1.165, 1.54) is 0 Å². The largest absolute Gasteiger partial charge is 0.315 e. The molecule has 21 heavy (non-hydrogen) atoms. The Balaban J connectivity index is 2.07. The molecule has 1 N–H and O–H groups in total. The SMILES string of the molecule is CCCNCC1CCCCN1S(=O)(=O)N1CCCC1CC. The van der Waals surface area contributed by atoms with Crippen LogP contribution >= 0.6 is 0 Å². The van der Waals surface area contributed by atoms with Crippen molar-refractivity contribution in [3.63, 3.8) is 0 Å². The van der Waals surface area contributed by atoms with E-state index in [-0.39, 0.29) is 12.1 Å². The Morgan fingerprint density at radius 3 is 2.38 bits per heavy atom. The van der Waals surface area contributed by atoms with Gasteiger partial charge in [-0.25, -0.2) is 0 Å². The minimum Gasteiger partial charge on any atom is -0.315 e. The molecular formula is C15H31N3O2S. The summed E-state index contributed by atoms with van der Waals surface area (Å²) in [7, 11) is -3.28. The summed E-state index contributed by atoms with van der Waals surface area (Å²) in [6, 6.07) is 0.342. The predicted octanol–water partition coefficient (Wildman–Crippen LogP) is 1.96. The number of nitrogens with zero attached hydrogens (tertiary/aromatic N) is 2. The Morgan fingerprint density at radius 1 is 1.00 bits per heavy atom. The summed E-state index contributed by atoms with van der Waals surface area (Å²) in [5, 5.41) is 3.40. The van der Waals surface area contributed by atoms with Gasteiger partial charge in [-0.15, -0.1) is 0 Å². The highest BCUT2D eigenvalue weighted by Crippen LogP contribution is 2.29. The monoisotopic (exact) mass is 317 g/mol. The Labute approximate surface area is 130 Å². The zero-order valence-corrected chi connectivity index (χ0v) is 14.4. The smallest absolute Gasteiger partial charge is 0.282 e. The first-order valence-electron chi connectivity index (χ1n) is 8.60. The van der Waals surface area contributed by atoms with Crippen molar-refractivity contribution < 1.29 is 8.42 Å². The van der Waals surface area contributed by atoms with Gasteiger partial charge in [-0.3, -0.25) is 0 Å². The predicted molar refractivity (Wildman–Crippen MR) is 86.4 cm³/mol. The second-order valence-electron chi connectivity index (χ2n) is 6.29. The van der Waals surface area contributed by atoms with Crippen molar-refractivity contribution in [1.29, 1.82) is 0 Å². The lowest BCUT2D eigenvalue weighted by atomic mass is 10.1. The molecule has 2 saturated heterocycles. The van der Waals surface area contributed by atoms with E-state index in [0.29, 0.717) is 13.1 Å². The number of rotatable bonds is 7. The van der Waals surface area contributed by atoms with Crippen LogP contribution in [0.5, 0.6) is 0 Å². The van der Waals surface area contributed by atoms with Crippen LogP contribution in [-0.4, -0.2) is 55.3 Å². The Bertz CT molecular complexity index is 413. The second kappa shape index (κ2) is 7.90. The zero-order chi connectivity index (χ0) is 15.3. The van der Waals surface area contributed by atoms with E-state index in [9.17, 15) is 8.42 Å². The molecule has 2 heterocycles. The number of hydrogen-bond acceptors (Lipinski definition) is 3. The summed E-state index contributed by atoms with van der Waals surface area (Å²) in [5.74, 6) is 0. The Kier molecular flexibility index (Phi) is 6.47. The third-order valence-corrected chi connectivity index (χ3v) is 6.91. The van der Waals surface area contributed by atoms with E-state index >= 15 is 0 Å². The van der Waals surface area contributed by atoms with Gasteiger partial charge in [0, 0.05) is 31.7 Å². The van der Waals surface area contributed by atoms with Crippen molar-refractivity contribution in [3.8, 4) is 0 Å². The van der Waals surface area contributed by atoms with Crippen LogP contribution in [0.2, 0.25) is 0 Å². The molecular weight excluding hydrogens is 286 g/mol. The summed E-state index contributed by atoms with van der Waals surface area (Å²) in [6.45, 7) is 7.37. The van der Waals surface area contributed by atoms with E-state index in [4.69, 9.17) is 0 Å². The molecule has 0 aromatic heterocycles. The van der Waals surface area contributed by atoms with Gasteiger partial charge < -0.3 is 5.32 Å². The topological polar surface area (TPSA) is 52.7 Å². The van der Waals surface area contributed by atoms with Crippen molar-refractivity contribution >= 4 is 10.2 Å². The molecule has 2 fully saturated rings. The van der Waals surface area contributed by atoms with E-state index in [0.717, 1.165) is 58.0 Å². The van der Waals surface area contributed by atoms with Gasteiger partial charge >= 0.3 is 0 Å². The Hall–Kier alpha value is -0.170. The van der Waals surface area contributed by atoms with Crippen LogP contribution in [0, 0.1) is 0 Å². The molecule has 2 aliphatic rings. The van der Waals surface area contributed by atoms with Crippen LogP contribution in [0.25, 0.3) is 0 Å². The average Bonchev–Trinajstić information content (AvgIpc) is 2.97. The first kappa shape index (κ1) is 17.2. The molecule has 0 bridgehead atoms. The van der Waals surface area contributed by atoms with Gasteiger partial charge in [-0.2, -0.15) is 17.0 Å². The van der Waals surface area contributed by atoms with Crippen LogP contribution < -0.4 is 5.32 Å². The lowest BCUT2D eigenvalue weighted by Crippen LogP contribution is -2.54. The maximum atomic E-state index is 13.0. The minimum absolute atomic E-state index is 0.133. The second-order valence-corrected chi connectivity index (χ2v) is 8.12. The fourth-order valence-corrected chi connectivity index (χ4v) is 5.76. The summed E-state index contributed by atoms with van der Waals surface area (Å²) < 4.78 is 29.6. The number of hydrogen-bond donors (Lipinski definition) is 1. The van der Waals surface area contributed by atoms with Crippen LogP contribution in [0.3, 0.4) is 0 Å². The van der Waals surface area contributed by atoms with E-state index in [1.807, 2.05) is 0 Å². The molecule has 0 aromatic rings. The molecule has 0 radical (unpaired) electrons. The minimum atomic E-state index is -3.28. The summed E-state index contributed by atoms with van der Waals surface area (Å²) in [4.78, 5) is 0. The molecule has 6 heteroatoms. The van der Waals surface area contributed by atoms with Crippen LogP contribution in [0.1, 0.15) is 58.8 Å². The molecule has 2 aliphatic heterocycles. The molecule has 2 rings (SSSR count). The molecule has 0 saturated carbocycles. The van der Waals surface area contributed by atoms with Gasteiger partial charge in [-0.05, 0) is 45.1 Å². The normalized spacial score (nSPS) is 29.0. The molecule has 0 aliphatic carbocycles. The molecule has 2 atom stereocenters. The number of piperidine rings is 1. The van der Waals surface area contributed by atoms with Crippen molar-refractivity contribution in [2.24, 2.45) is 0 Å². The summed E-state index contributed by atoms with van der Waals surface area (Å²) in [5.41, 5.74) is 0. The molecule has 2 unspecified atom stereocenters. The van der Waals surface area contributed by atoms with E-state index in [1.54, 1.807) is 8.61 Å². The highest BCUT2D eigenvalue weighted by Gasteiger charge is 2.40. The Morgan fingerprint density at radius 2 is 1.67 bits per heavy atom. The van der Waals surface area contributed by atoms with Gasteiger partial charge in [-0.1, -0.05) is 20.3 Å². The first-order chi connectivity index (χ1) is 10.1. The van der Waals surface area contributed by atoms with Gasteiger partial charge in [0.25, 0.3) is 10.2 Å². The van der Waals surface area contributed by atoms with Crippen LogP contribution in [0.4, 0.5) is 0 Å². The van der Waals surface area contributed by atoms with Crippen molar-refractivity contribution in [2.75, 3.05) is 26.2 Å². The third-order valence-electron chi connectivity index (χ3n) is 4.77. The number of nitrogens with one attached hydrogen (secondary N) is 1. The van der Waals surface area contributed by atoms with Crippen molar-refractivity contribution in [3.05, 3.63) is 0 Å². The lowest BCUT2D eigenvalue weighted by molar-refractivity contribution is 0.222. The van der Waals surface area contributed by atoms with Crippen LogP contribution in [0.15, 0.2) is 0 Å². The standard InChI is InChI=1S/C15H31N3O2S/c1-3-10-16-13-15-8-5-6-11-18(15)21(19,20)17-12-7-9-14(17)4-2/h14-16H,3-13H2,1-2H3. The van der Waals surface area contributed by atoms with Gasteiger partial charge in [0.1, 0.15) is 0 Å². The fraction of sp³-hybridized carbons (Fsp3) is 1.00. The molecule has 124 valence electrons. The zero-order valence-electron chi connectivity index (χ0n) is 13.6. The van der Waals surface area contributed by atoms with Gasteiger partial charge in [0.2, 0.25) is 0 Å². The molecule has 5 nitrogen and oxygen atoms in total. The van der Waals surface area contributed by atoms with Crippen molar-refractivity contribution in [2.45, 2.75) is 70.9 Å². The maximum Gasteiger partial charge on any atom is 0.282 e. The lowest BCUT2D eigenvalue weighted by Gasteiger charge is -2.38. The highest BCUT2D eigenvalue weighted by atomic mass is 32.2. The molecule has 0 amide bonds. The van der Waals surface area contributed by atoms with E-state index < -0.39 is 10.2 Å². The van der Waals surface area contributed by atoms with Crippen molar-refractivity contribution in [1.82, 2.24) is 13.9 Å². The average molecular weight is 317 g/mol. The quantitative estimate of drug-likeness (QED) is 0.730. The maximum absolute atomic E-state index is 13.0. The first-order valence-corrected chi connectivity index (χ1v) is 10.00. The summed E-state index contributed by atoms with van der Waals surface area (Å²) >= 11 is 0. The van der Waals surface area contributed by atoms with Gasteiger partial charge in [0.15, 0.2) is 0 Å². The molecule has 0 spiro atoms. The summed E-state index contributed by atoms with van der Waals surface area (Å²) in [6.07, 6.45) is 7.15. The highest BCUT2D eigenvalue weighted by molar-refractivity contribution is 7.86. The van der Waals surface area contributed by atoms with E-state index in [2.05, 4.69) is 19.2 Å². The van der Waals surface area contributed by atoms with Gasteiger partial charge in [0.05, 0.1) is 0 Å².